The third kappa shape index (κ3) is 7.02. The molecule has 0 aliphatic heterocycles. The summed E-state index contributed by atoms with van der Waals surface area (Å²) in [6.45, 7) is 7.18. The molecule has 5 nitrogen and oxygen atoms in total. The summed E-state index contributed by atoms with van der Waals surface area (Å²) >= 11 is 7.42. The number of aryl methyl sites for hydroxylation is 1. The van der Waals surface area contributed by atoms with Gasteiger partial charge in [-0.2, -0.15) is 0 Å². The van der Waals surface area contributed by atoms with Crippen LogP contribution in [0.25, 0.3) is 11.5 Å². The smallest absolute Gasteiger partial charge is 0.230 e. The molecular weight excluding hydrogens is 372 g/mol. The minimum Gasteiger partial charge on any atom is -0.441 e. The zero-order valence-corrected chi connectivity index (χ0v) is 17.0. The molecule has 0 aliphatic carbocycles. The van der Waals surface area contributed by atoms with E-state index in [-0.39, 0.29) is 12.0 Å². The molecular formula is C19H25ClN2O3S. The second-order valence-electron chi connectivity index (χ2n) is 6.14. The molecule has 0 saturated carbocycles. The van der Waals surface area contributed by atoms with Crippen LogP contribution in [-0.4, -0.2) is 35.9 Å². The SMILES string of the molecule is Cc1oc(-c2ccc(Cl)cc2)nc1CSCC(=O)NCCCOC(C)C. The van der Waals surface area contributed by atoms with E-state index >= 15 is 0 Å². The summed E-state index contributed by atoms with van der Waals surface area (Å²) in [7, 11) is 0. The Hall–Kier alpha value is -1.50. The molecule has 1 N–H and O–H groups in total. The predicted octanol–water partition coefficient (Wildman–Crippen LogP) is 4.47. The van der Waals surface area contributed by atoms with Crippen molar-refractivity contribution in [1.82, 2.24) is 10.3 Å². The van der Waals surface area contributed by atoms with Gasteiger partial charge in [-0.15, -0.1) is 11.8 Å². The van der Waals surface area contributed by atoms with E-state index < -0.39 is 0 Å². The topological polar surface area (TPSA) is 64.4 Å². The lowest BCUT2D eigenvalue weighted by Gasteiger charge is -2.08. The fraction of sp³-hybridized carbons (Fsp3) is 0.474. The van der Waals surface area contributed by atoms with Crippen molar-refractivity contribution in [3.63, 3.8) is 0 Å². The number of oxazole rings is 1. The first kappa shape index (κ1) is 20.8. The van der Waals surface area contributed by atoms with Gasteiger partial charge in [-0.25, -0.2) is 4.98 Å². The maximum Gasteiger partial charge on any atom is 0.230 e. The van der Waals surface area contributed by atoms with Crippen LogP contribution in [0.1, 0.15) is 31.7 Å². The summed E-state index contributed by atoms with van der Waals surface area (Å²) in [6, 6.07) is 7.37. The molecule has 1 aromatic heterocycles. The molecule has 2 aromatic rings. The summed E-state index contributed by atoms with van der Waals surface area (Å²) < 4.78 is 11.2. The fourth-order valence-corrected chi connectivity index (χ4v) is 3.17. The van der Waals surface area contributed by atoms with Crippen molar-refractivity contribution in [2.45, 2.75) is 39.0 Å². The summed E-state index contributed by atoms with van der Waals surface area (Å²) in [5.41, 5.74) is 1.74. The highest BCUT2D eigenvalue weighted by Gasteiger charge is 2.12. The Labute approximate surface area is 163 Å². The first-order valence-corrected chi connectivity index (χ1v) is 10.2. The number of carbonyl (C=O) groups excluding carboxylic acids is 1. The lowest BCUT2D eigenvalue weighted by atomic mass is 10.2. The average molecular weight is 397 g/mol. The molecule has 1 aromatic carbocycles. The van der Waals surface area contributed by atoms with Crippen LogP contribution in [0, 0.1) is 6.92 Å². The number of rotatable bonds is 10. The first-order chi connectivity index (χ1) is 12.5. The number of nitrogens with zero attached hydrogens (tertiary/aromatic N) is 1. The molecule has 1 heterocycles. The van der Waals surface area contributed by atoms with E-state index in [1.165, 1.54) is 11.8 Å². The number of hydrogen-bond acceptors (Lipinski definition) is 5. The molecule has 7 heteroatoms. The molecule has 0 bridgehead atoms. The highest BCUT2D eigenvalue weighted by Crippen LogP contribution is 2.25. The second-order valence-corrected chi connectivity index (χ2v) is 7.57. The normalized spacial score (nSPS) is 11.1. The highest BCUT2D eigenvalue weighted by atomic mass is 35.5. The zero-order chi connectivity index (χ0) is 18.9. The summed E-state index contributed by atoms with van der Waals surface area (Å²) in [6.07, 6.45) is 1.05. The van der Waals surface area contributed by atoms with Crippen molar-refractivity contribution in [1.29, 1.82) is 0 Å². The van der Waals surface area contributed by atoms with Gasteiger partial charge in [0.1, 0.15) is 5.76 Å². The van der Waals surface area contributed by atoms with Gasteiger partial charge < -0.3 is 14.5 Å². The predicted molar refractivity (Wildman–Crippen MR) is 107 cm³/mol. The summed E-state index contributed by atoms with van der Waals surface area (Å²) in [5, 5.41) is 3.57. The van der Waals surface area contributed by atoms with Crippen molar-refractivity contribution < 1.29 is 13.9 Å². The van der Waals surface area contributed by atoms with Gasteiger partial charge in [0.15, 0.2) is 0 Å². The number of nitrogens with one attached hydrogen (secondary N) is 1. The quantitative estimate of drug-likeness (QED) is 0.600. The second kappa shape index (κ2) is 10.6. The summed E-state index contributed by atoms with van der Waals surface area (Å²) in [5.74, 6) is 2.40. The Bertz CT molecular complexity index is 701. The van der Waals surface area contributed by atoms with Gasteiger partial charge in [-0.3, -0.25) is 4.79 Å². The molecule has 0 radical (unpaired) electrons. The van der Waals surface area contributed by atoms with Crippen LogP contribution < -0.4 is 5.32 Å². The van der Waals surface area contributed by atoms with E-state index in [0.717, 1.165) is 23.4 Å². The maximum atomic E-state index is 11.8. The van der Waals surface area contributed by atoms with Crippen LogP contribution in [0.5, 0.6) is 0 Å². The lowest BCUT2D eigenvalue weighted by molar-refractivity contribution is -0.118. The van der Waals surface area contributed by atoms with Gasteiger partial charge in [0.05, 0.1) is 17.6 Å². The molecule has 1 amide bonds. The van der Waals surface area contributed by atoms with Crippen molar-refractivity contribution >= 4 is 29.3 Å². The van der Waals surface area contributed by atoms with Crippen LogP contribution in [0.4, 0.5) is 0 Å². The average Bonchev–Trinajstić information content (AvgIpc) is 2.96. The lowest BCUT2D eigenvalue weighted by Crippen LogP contribution is -2.27. The van der Waals surface area contributed by atoms with E-state index in [1.807, 2.05) is 32.9 Å². The standard InChI is InChI=1S/C19H25ClN2O3S/c1-13(2)24-10-4-9-21-18(23)12-26-11-17-14(3)25-19(22-17)15-5-7-16(20)8-6-15/h5-8,13H,4,9-12H2,1-3H3,(H,21,23). The molecule has 0 saturated heterocycles. The number of thioether (sulfide) groups is 1. The Kier molecular flexibility index (Phi) is 8.48. The Morgan fingerprint density at radius 2 is 2.08 bits per heavy atom. The number of benzene rings is 1. The van der Waals surface area contributed by atoms with Crippen LogP contribution >= 0.6 is 23.4 Å². The van der Waals surface area contributed by atoms with Crippen molar-refractivity contribution in [3.05, 3.63) is 40.7 Å². The van der Waals surface area contributed by atoms with Gasteiger partial charge >= 0.3 is 0 Å². The monoisotopic (exact) mass is 396 g/mol. The van der Waals surface area contributed by atoms with Crippen LogP contribution in [0.15, 0.2) is 28.7 Å². The van der Waals surface area contributed by atoms with Gasteiger partial charge in [-0.1, -0.05) is 11.6 Å². The number of carbonyl (C=O) groups is 1. The van der Waals surface area contributed by atoms with Crippen LogP contribution in [0.2, 0.25) is 5.02 Å². The third-order valence-corrected chi connectivity index (χ3v) is 4.75. The number of amides is 1. The molecule has 0 fully saturated rings. The minimum atomic E-state index is 0.0265. The zero-order valence-electron chi connectivity index (χ0n) is 15.4. The molecule has 26 heavy (non-hydrogen) atoms. The molecule has 0 spiro atoms. The van der Waals surface area contributed by atoms with Crippen LogP contribution in [0.3, 0.4) is 0 Å². The third-order valence-electron chi connectivity index (χ3n) is 3.55. The van der Waals surface area contributed by atoms with Crippen molar-refractivity contribution in [2.75, 3.05) is 18.9 Å². The van der Waals surface area contributed by atoms with Gasteiger partial charge in [0.2, 0.25) is 11.8 Å². The largest absolute Gasteiger partial charge is 0.441 e. The Morgan fingerprint density at radius 1 is 1.35 bits per heavy atom. The molecule has 142 valence electrons. The van der Waals surface area contributed by atoms with E-state index in [1.54, 1.807) is 12.1 Å². The van der Waals surface area contributed by atoms with Gasteiger partial charge in [0.25, 0.3) is 0 Å². The van der Waals surface area contributed by atoms with Crippen molar-refractivity contribution in [3.8, 4) is 11.5 Å². The first-order valence-electron chi connectivity index (χ1n) is 8.64. The van der Waals surface area contributed by atoms with E-state index in [4.69, 9.17) is 20.8 Å². The number of halogens is 1. The highest BCUT2D eigenvalue weighted by molar-refractivity contribution is 7.99. The molecule has 0 aliphatic rings. The van der Waals surface area contributed by atoms with E-state index in [0.29, 0.717) is 35.6 Å². The number of hydrogen-bond donors (Lipinski definition) is 1. The summed E-state index contributed by atoms with van der Waals surface area (Å²) in [4.78, 5) is 16.4. The molecule has 2 rings (SSSR count). The van der Waals surface area contributed by atoms with E-state index in [2.05, 4.69) is 10.3 Å². The molecule has 0 unspecified atom stereocenters. The minimum absolute atomic E-state index is 0.0265. The van der Waals surface area contributed by atoms with Crippen LogP contribution in [-0.2, 0) is 15.3 Å². The van der Waals surface area contributed by atoms with Crippen molar-refractivity contribution in [2.24, 2.45) is 0 Å². The number of aromatic nitrogens is 1. The van der Waals surface area contributed by atoms with Gasteiger partial charge in [-0.05, 0) is 51.5 Å². The molecule has 0 atom stereocenters. The Balaban J connectivity index is 1.72. The fourth-order valence-electron chi connectivity index (χ4n) is 2.19. The van der Waals surface area contributed by atoms with Gasteiger partial charge in [0, 0.05) is 29.5 Å². The Morgan fingerprint density at radius 3 is 2.77 bits per heavy atom. The maximum absolute atomic E-state index is 11.8. The number of ether oxygens (including phenoxy) is 1. The van der Waals surface area contributed by atoms with E-state index in [9.17, 15) is 4.79 Å².